The van der Waals surface area contributed by atoms with Crippen molar-refractivity contribution in [3.8, 4) is 5.75 Å². The van der Waals surface area contributed by atoms with Crippen LogP contribution in [0.4, 0.5) is 5.69 Å². The van der Waals surface area contributed by atoms with Crippen LogP contribution < -0.4 is 15.0 Å². The standard InChI is InChI=1S/C14H22N2O2/c1-18-14-6-4-13(5-7-14)16-9-2-3-12(11-16)15-8-10-17/h4-7,12,15,17H,2-3,8-11H2,1H3. The average Bonchev–Trinajstić information content (AvgIpc) is 2.45. The van der Waals surface area contributed by atoms with Crippen molar-refractivity contribution in [3.05, 3.63) is 24.3 Å². The minimum atomic E-state index is 0.207. The fraction of sp³-hybridized carbons (Fsp3) is 0.571. The van der Waals surface area contributed by atoms with Crippen molar-refractivity contribution in [1.29, 1.82) is 0 Å². The van der Waals surface area contributed by atoms with Gasteiger partial charge in [-0.15, -0.1) is 0 Å². The monoisotopic (exact) mass is 250 g/mol. The number of aliphatic hydroxyl groups excluding tert-OH is 1. The molecule has 2 rings (SSSR count). The molecule has 0 saturated carbocycles. The highest BCUT2D eigenvalue weighted by Gasteiger charge is 2.19. The van der Waals surface area contributed by atoms with E-state index in [9.17, 15) is 0 Å². The first-order chi connectivity index (χ1) is 8.83. The Balaban J connectivity index is 1.94. The van der Waals surface area contributed by atoms with Gasteiger partial charge in [0.2, 0.25) is 0 Å². The van der Waals surface area contributed by atoms with Crippen LogP contribution in [0.3, 0.4) is 0 Å². The maximum Gasteiger partial charge on any atom is 0.119 e. The van der Waals surface area contributed by atoms with Crippen molar-refractivity contribution < 1.29 is 9.84 Å². The van der Waals surface area contributed by atoms with Crippen LogP contribution in [-0.4, -0.2) is 44.5 Å². The van der Waals surface area contributed by atoms with Gasteiger partial charge in [-0.2, -0.15) is 0 Å². The fourth-order valence-electron chi connectivity index (χ4n) is 2.44. The van der Waals surface area contributed by atoms with Crippen LogP contribution in [0.5, 0.6) is 5.75 Å². The average molecular weight is 250 g/mol. The van der Waals surface area contributed by atoms with Gasteiger partial charge in [0, 0.05) is 31.4 Å². The highest BCUT2D eigenvalue weighted by molar-refractivity contribution is 5.49. The predicted molar refractivity (Wildman–Crippen MR) is 73.3 cm³/mol. The van der Waals surface area contributed by atoms with Crippen LogP contribution >= 0.6 is 0 Å². The summed E-state index contributed by atoms with van der Waals surface area (Å²) in [6.07, 6.45) is 2.38. The van der Waals surface area contributed by atoms with E-state index < -0.39 is 0 Å². The van der Waals surface area contributed by atoms with Gasteiger partial charge in [-0.1, -0.05) is 0 Å². The van der Waals surface area contributed by atoms with E-state index in [1.165, 1.54) is 18.5 Å². The van der Waals surface area contributed by atoms with Gasteiger partial charge in [-0.05, 0) is 37.1 Å². The van der Waals surface area contributed by atoms with Crippen molar-refractivity contribution in [1.82, 2.24) is 5.32 Å². The SMILES string of the molecule is COc1ccc(N2CCCC(NCCO)C2)cc1. The topological polar surface area (TPSA) is 44.7 Å². The lowest BCUT2D eigenvalue weighted by molar-refractivity contribution is 0.278. The summed E-state index contributed by atoms with van der Waals surface area (Å²) < 4.78 is 5.17. The summed E-state index contributed by atoms with van der Waals surface area (Å²) in [6, 6.07) is 8.69. The van der Waals surface area contributed by atoms with E-state index in [-0.39, 0.29) is 6.61 Å². The molecule has 1 aliphatic rings. The molecule has 1 aliphatic heterocycles. The molecule has 4 heteroatoms. The number of nitrogens with one attached hydrogen (secondary N) is 1. The number of methoxy groups -OCH3 is 1. The van der Waals surface area contributed by atoms with E-state index >= 15 is 0 Å². The second-order valence-electron chi connectivity index (χ2n) is 4.66. The Kier molecular flexibility index (Phi) is 4.84. The Morgan fingerprint density at radius 1 is 1.39 bits per heavy atom. The first-order valence-corrected chi connectivity index (χ1v) is 6.56. The van der Waals surface area contributed by atoms with Crippen molar-refractivity contribution in [3.63, 3.8) is 0 Å². The first kappa shape index (κ1) is 13.2. The molecule has 1 aromatic carbocycles. The lowest BCUT2D eigenvalue weighted by Gasteiger charge is -2.35. The third kappa shape index (κ3) is 3.37. The van der Waals surface area contributed by atoms with Crippen LogP contribution in [-0.2, 0) is 0 Å². The first-order valence-electron chi connectivity index (χ1n) is 6.56. The van der Waals surface area contributed by atoms with Gasteiger partial charge < -0.3 is 20.1 Å². The number of rotatable bonds is 5. The molecule has 1 unspecified atom stereocenters. The largest absolute Gasteiger partial charge is 0.497 e. The van der Waals surface area contributed by atoms with E-state index in [2.05, 4.69) is 22.3 Å². The van der Waals surface area contributed by atoms with Gasteiger partial charge in [0.1, 0.15) is 5.75 Å². The van der Waals surface area contributed by atoms with Crippen molar-refractivity contribution in [2.75, 3.05) is 38.3 Å². The number of benzene rings is 1. The number of hydrogen-bond donors (Lipinski definition) is 2. The summed E-state index contributed by atoms with van der Waals surface area (Å²) in [5.41, 5.74) is 1.24. The molecule has 1 saturated heterocycles. The number of piperidine rings is 1. The van der Waals surface area contributed by atoms with E-state index in [1.54, 1.807) is 7.11 Å². The smallest absolute Gasteiger partial charge is 0.119 e. The zero-order chi connectivity index (χ0) is 12.8. The Morgan fingerprint density at radius 2 is 2.17 bits per heavy atom. The molecular formula is C14H22N2O2. The molecule has 1 aromatic rings. The number of aliphatic hydroxyl groups is 1. The molecule has 2 N–H and O–H groups in total. The van der Waals surface area contributed by atoms with E-state index in [0.29, 0.717) is 12.6 Å². The molecule has 100 valence electrons. The summed E-state index contributed by atoms with van der Waals surface area (Å²) in [7, 11) is 1.69. The van der Waals surface area contributed by atoms with Crippen molar-refractivity contribution >= 4 is 5.69 Å². The summed E-state index contributed by atoms with van der Waals surface area (Å²) in [6.45, 7) is 3.00. The van der Waals surface area contributed by atoms with Gasteiger partial charge in [-0.25, -0.2) is 0 Å². The zero-order valence-corrected chi connectivity index (χ0v) is 10.9. The Bertz CT molecular complexity index is 353. The third-order valence-electron chi connectivity index (χ3n) is 3.40. The maximum absolute atomic E-state index is 8.85. The lowest BCUT2D eigenvalue weighted by atomic mass is 10.0. The highest BCUT2D eigenvalue weighted by Crippen LogP contribution is 2.22. The van der Waals surface area contributed by atoms with Crippen LogP contribution in [0, 0.1) is 0 Å². The third-order valence-corrected chi connectivity index (χ3v) is 3.40. The molecule has 0 spiro atoms. The normalized spacial score (nSPS) is 19.9. The second-order valence-corrected chi connectivity index (χ2v) is 4.66. The van der Waals surface area contributed by atoms with Gasteiger partial charge in [0.05, 0.1) is 13.7 Å². The molecule has 4 nitrogen and oxygen atoms in total. The molecule has 1 atom stereocenters. The number of anilines is 1. The molecule has 1 heterocycles. The molecule has 0 radical (unpaired) electrons. The molecule has 0 amide bonds. The summed E-state index contributed by atoms with van der Waals surface area (Å²) in [5.74, 6) is 0.894. The molecule has 18 heavy (non-hydrogen) atoms. The minimum absolute atomic E-state index is 0.207. The molecular weight excluding hydrogens is 228 g/mol. The fourth-order valence-corrected chi connectivity index (χ4v) is 2.44. The maximum atomic E-state index is 8.85. The van der Waals surface area contributed by atoms with Gasteiger partial charge >= 0.3 is 0 Å². The van der Waals surface area contributed by atoms with E-state index in [4.69, 9.17) is 9.84 Å². The zero-order valence-electron chi connectivity index (χ0n) is 10.9. The van der Waals surface area contributed by atoms with E-state index in [0.717, 1.165) is 18.8 Å². The summed E-state index contributed by atoms with van der Waals surface area (Å²) in [5, 5.41) is 12.2. The van der Waals surface area contributed by atoms with Crippen LogP contribution in [0.15, 0.2) is 24.3 Å². The van der Waals surface area contributed by atoms with Gasteiger partial charge in [0.15, 0.2) is 0 Å². The van der Waals surface area contributed by atoms with Gasteiger partial charge in [-0.3, -0.25) is 0 Å². The number of hydrogen-bond acceptors (Lipinski definition) is 4. The highest BCUT2D eigenvalue weighted by atomic mass is 16.5. The van der Waals surface area contributed by atoms with Crippen LogP contribution in [0.1, 0.15) is 12.8 Å². The molecule has 0 aliphatic carbocycles. The summed E-state index contributed by atoms with van der Waals surface area (Å²) >= 11 is 0. The lowest BCUT2D eigenvalue weighted by Crippen LogP contribution is -2.46. The Labute approximate surface area is 109 Å². The molecule has 1 fully saturated rings. The van der Waals surface area contributed by atoms with Crippen LogP contribution in [0.2, 0.25) is 0 Å². The Hall–Kier alpha value is -1.26. The van der Waals surface area contributed by atoms with Crippen molar-refractivity contribution in [2.24, 2.45) is 0 Å². The molecule has 0 aromatic heterocycles. The summed E-state index contributed by atoms with van der Waals surface area (Å²) in [4.78, 5) is 2.39. The number of nitrogens with zero attached hydrogens (tertiary/aromatic N) is 1. The van der Waals surface area contributed by atoms with Crippen molar-refractivity contribution in [2.45, 2.75) is 18.9 Å². The quantitative estimate of drug-likeness (QED) is 0.825. The van der Waals surface area contributed by atoms with E-state index in [1.807, 2.05) is 12.1 Å². The van der Waals surface area contributed by atoms with Crippen LogP contribution in [0.25, 0.3) is 0 Å². The second kappa shape index (κ2) is 6.61. The Morgan fingerprint density at radius 3 is 2.83 bits per heavy atom. The van der Waals surface area contributed by atoms with Gasteiger partial charge in [0.25, 0.3) is 0 Å². The number of ether oxygens (including phenoxy) is 1. The minimum Gasteiger partial charge on any atom is -0.497 e. The predicted octanol–water partition coefficient (Wildman–Crippen LogP) is 1.25. The molecule has 0 bridgehead atoms.